The molecule has 6 heteroatoms. The number of oxazole rings is 1. The third kappa shape index (κ3) is 3.44. The van der Waals surface area contributed by atoms with Crippen LogP contribution in [0.2, 0.25) is 0 Å². The van der Waals surface area contributed by atoms with Gasteiger partial charge >= 0.3 is 0 Å². The maximum Gasteiger partial charge on any atom is 0.299 e. The molecular weight excluding hydrogens is 328 g/mol. The van der Waals surface area contributed by atoms with Gasteiger partial charge in [0.05, 0.1) is 18.8 Å². The van der Waals surface area contributed by atoms with Gasteiger partial charge in [0.1, 0.15) is 17.8 Å². The number of aromatic nitrogens is 2. The largest absolute Gasteiger partial charge is 0.496 e. The zero-order chi connectivity index (χ0) is 17.8. The van der Waals surface area contributed by atoms with Gasteiger partial charge in [-0.2, -0.15) is 0 Å². The fourth-order valence-electron chi connectivity index (χ4n) is 2.75. The van der Waals surface area contributed by atoms with E-state index < -0.39 is 0 Å². The SMILES string of the molecule is COc1ccccc1CNc1ccc2cc(Nc3ncco3)ccc2n1. The van der Waals surface area contributed by atoms with Gasteiger partial charge < -0.3 is 19.8 Å². The highest BCUT2D eigenvalue weighted by molar-refractivity contribution is 5.84. The van der Waals surface area contributed by atoms with Crippen LogP contribution in [-0.2, 0) is 6.54 Å². The minimum Gasteiger partial charge on any atom is -0.496 e. The molecule has 2 aromatic heterocycles. The predicted molar refractivity (Wildman–Crippen MR) is 102 cm³/mol. The van der Waals surface area contributed by atoms with Gasteiger partial charge in [0.15, 0.2) is 0 Å². The minimum absolute atomic E-state index is 0.465. The zero-order valence-electron chi connectivity index (χ0n) is 14.3. The smallest absolute Gasteiger partial charge is 0.299 e. The second-order valence-electron chi connectivity index (χ2n) is 5.73. The van der Waals surface area contributed by atoms with Crippen molar-refractivity contribution in [2.75, 3.05) is 17.7 Å². The first-order valence-electron chi connectivity index (χ1n) is 8.25. The molecule has 26 heavy (non-hydrogen) atoms. The van der Waals surface area contributed by atoms with Crippen LogP contribution >= 0.6 is 0 Å². The second-order valence-corrected chi connectivity index (χ2v) is 5.73. The van der Waals surface area contributed by atoms with E-state index in [0.29, 0.717) is 12.6 Å². The highest BCUT2D eigenvalue weighted by atomic mass is 16.5. The lowest BCUT2D eigenvalue weighted by atomic mass is 10.2. The van der Waals surface area contributed by atoms with Gasteiger partial charge in [-0.1, -0.05) is 18.2 Å². The van der Waals surface area contributed by atoms with Crippen molar-refractivity contribution in [1.82, 2.24) is 9.97 Å². The first kappa shape index (κ1) is 16.0. The highest BCUT2D eigenvalue weighted by Crippen LogP contribution is 2.23. The van der Waals surface area contributed by atoms with Gasteiger partial charge in [0, 0.05) is 23.2 Å². The van der Waals surface area contributed by atoms with E-state index in [-0.39, 0.29) is 0 Å². The number of para-hydroxylation sites is 1. The normalized spacial score (nSPS) is 10.7. The van der Waals surface area contributed by atoms with Crippen molar-refractivity contribution in [1.29, 1.82) is 0 Å². The Labute approximate surface area is 150 Å². The Morgan fingerprint density at radius 3 is 2.85 bits per heavy atom. The fraction of sp³-hybridized carbons (Fsp3) is 0.100. The van der Waals surface area contributed by atoms with Crippen molar-refractivity contribution in [3.8, 4) is 5.75 Å². The number of hydrogen-bond donors (Lipinski definition) is 2. The Kier molecular flexibility index (Phi) is 4.38. The molecule has 130 valence electrons. The average molecular weight is 346 g/mol. The van der Waals surface area contributed by atoms with Gasteiger partial charge in [0.25, 0.3) is 6.01 Å². The molecule has 2 aromatic carbocycles. The molecule has 0 saturated heterocycles. The second kappa shape index (κ2) is 7.14. The van der Waals surface area contributed by atoms with Gasteiger partial charge in [0.2, 0.25) is 0 Å². The molecular formula is C20H18N4O2. The van der Waals surface area contributed by atoms with Crippen molar-refractivity contribution >= 4 is 28.4 Å². The van der Waals surface area contributed by atoms with E-state index in [1.165, 1.54) is 6.26 Å². The van der Waals surface area contributed by atoms with E-state index in [4.69, 9.17) is 9.15 Å². The summed E-state index contributed by atoms with van der Waals surface area (Å²) in [6, 6.07) is 18.3. The maximum absolute atomic E-state index is 5.38. The highest BCUT2D eigenvalue weighted by Gasteiger charge is 2.04. The lowest BCUT2D eigenvalue weighted by Crippen LogP contribution is -2.03. The molecule has 2 heterocycles. The molecule has 0 spiro atoms. The molecule has 0 radical (unpaired) electrons. The molecule has 2 N–H and O–H groups in total. The number of fused-ring (bicyclic) bond motifs is 1. The lowest BCUT2D eigenvalue weighted by molar-refractivity contribution is 0.410. The summed E-state index contributed by atoms with van der Waals surface area (Å²) in [5.74, 6) is 1.68. The Morgan fingerprint density at radius 2 is 2.00 bits per heavy atom. The molecule has 0 aliphatic carbocycles. The van der Waals surface area contributed by atoms with Crippen molar-refractivity contribution in [2.45, 2.75) is 6.54 Å². The average Bonchev–Trinajstić information content (AvgIpc) is 3.19. The first-order valence-corrected chi connectivity index (χ1v) is 8.25. The van der Waals surface area contributed by atoms with Crippen LogP contribution in [0.25, 0.3) is 10.9 Å². The van der Waals surface area contributed by atoms with E-state index in [1.807, 2.05) is 54.6 Å². The van der Waals surface area contributed by atoms with Crippen LogP contribution in [0.15, 0.2) is 71.5 Å². The topological polar surface area (TPSA) is 72.2 Å². The number of ether oxygens (including phenoxy) is 1. The molecule has 0 aliphatic heterocycles. The van der Waals surface area contributed by atoms with E-state index in [1.54, 1.807) is 13.3 Å². The third-order valence-electron chi connectivity index (χ3n) is 4.03. The van der Waals surface area contributed by atoms with Crippen LogP contribution in [0.5, 0.6) is 5.75 Å². The molecule has 0 unspecified atom stereocenters. The van der Waals surface area contributed by atoms with Gasteiger partial charge in [-0.05, 0) is 36.4 Å². The number of nitrogens with zero attached hydrogens (tertiary/aromatic N) is 2. The van der Waals surface area contributed by atoms with Gasteiger partial charge in [-0.25, -0.2) is 9.97 Å². The summed E-state index contributed by atoms with van der Waals surface area (Å²) in [4.78, 5) is 8.72. The summed E-state index contributed by atoms with van der Waals surface area (Å²) in [6.07, 6.45) is 3.13. The Morgan fingerprint density at radius 1 is 1.08 bits per heavy atom. The molecule has 0 bridgehead atoms. The van der Waals surface area contributed by atoms with Crippen molar-refractivity contribution in [3.63, 3.8) is 0 Å². The molecule has 0 aliphatic rings. The molecule has 0 amide bonds. The lowest BCUT2D eigenvalue weighted by Gasteiger charge is -2.11. The van der Waals surface area contributed by atoms with Crippen LogP contribution in [0.4, 0.5) is 17.5 Å². The van der Waals surface area contributed by atoms with Gasteiger partial charge in [-0.3, -0.25) is 0 Å². The predicted octanol–water partition coefficient (Wildman–Crippen LogP) is 4.59. The van der Waals surface area contributed by atoms with E-state index in [2.05, 4.69) is 20.6 Å². The Balaban J connectivity index is 1.50. The molecule has 4 aromatic rings. The van der Waals surface area contributed by atoms with Crippen LogP contribution < -0.4 is 15.4 Å². The van der Waals surface area contributed by atoms with Crippen LogP contribution in [0.1, 0.15) is 5.56 Å². The summed E-state index contributed by atoms with van der Waals surface area (Å²) in [5.41, 5.74) is 2.90. The van der Waals surface area contributed by atoms with Crippen LogP contribution in [-0.4, -0.2) is 17.1 Å². The number of rotatable bonds is 6. The molecule has 6 nitrogen and oxygen atoms in total. The molecule has 0 fully saturated rings. The summed E-state index contributed by atoms with van der Waals surface area (Å²) >= 11 is 0. The minimum atomic E-state index is 0.465. The summed E-state index contributed by atoms with van der Waals surface area (Å²) in [6.45, 7) is 0.645. The monoisotopic (exact) mass is 346 g/mol. The molecule has 0 saturated carbocycles. The number of nitrogens with one attached hydrogen (secondary N) is 2. The van der Waals surface area contributed by atoms with E-state index in [0.717, 1.165) is 33.7 Å². The standard InChI is InChI=1S/C20H18N4O2/c1-25-18-5-3-2-4-15(18)13-22-19-9-6-14-12-16(7-8-17(14)24-19)23-20-21-10-11-26-20/h2-12H,13H2,1H3,(H,21,23)(H,22,24). The number of pyridine rings is 1. The first-order chi connectivity index (χ1) is 12.8. The summed E-state index contributed by atoms with van der Waals surface area (Å²) in [5, 5.41) is 7.49. The summed E-state index contributed by atoms with van der Waals surface area (Å²) < 4.78 is 10.6. The number of methoxy groups -OCH3 is 1. The fourth-order valence-corrected chi connectivity index (χ4v) is 2.75. The van der Waals surface area contributed by atoms with Crippen molar-refractivity contribution in [2.24, 2.45) is 0 Å². The Bertz CT molecular complexity index is 1020. The summed E-state index contributed by atoms with van der Waals surface area (Å²) in [7, 11) is 1.68. The zero-order valence-corrected chi connectivity index (χ0v) is 14.3. The van der Waals surface area contributed by atoms with Crippen molar-refractivity contribution in [3.05, 3.63) is 72.6 Å². The van der Waals surface area contributed by atoms with Crippen LogP contribution in [0.3, 0.4) is 0 Å². The maximum atomic E-state index is 5.38. The number of benzene rings is 2. The quantitative estimate of drug-likeness (QED) is 0.532. The van der Waals surface area contributed by atoms with Crippen LogP contribution in [0, 0.1) is 0 Å². The molecule has 0 atom stereocenters. The third-order valence-corrected chi connectivity index (χ3v) is 4.03. The van der Waals surface area contributed by atoms with E-state index in [9.17, 15) is 0 Å². The number of hydrogen-bond acceptors (Lipinski definition) is 6. The molecule has 4 rings (SSSR count). The van der Waals surface area contributed by atoms with Gasteiger partial charge in [-0.15, -0.1) is 0 Å². The van der Waals surface area contributed by atoms with Crippen molar-refractivity contribution < 1.29 is 9.15 Å². The van der Waals surface area contributed by atoms with E-state index >= 15 is 0 Å². The Hall–Kier alpha value is -3.54. The number of anilines is 3.